The van der Waals surface area contributed by atoms with Gasteiger partial charge in [0.25, 0.3) is 0 Å². The van der Waals surface area contributed by atoms with E-state index < -0.39 is 11.9 Å². The summed E-state index contributed by atoms with van der Waals surface area (Å²) in [7, 11) is 0. The predicted octanol–water partition coefficient (Wildman–Crippen LogP) is 9.35. The van der Waals surface area contributed by atoms with Crippen LogP contribution in [0.2, 0.25) is 0 Å². The number of fused-ring (bicyclic) bond motifs is 1. The average molecular weight is 601 g/mol. The Morgan fingerprint density at radius 3 is 1.93 bits per heavy atom. The summed E-state index contributed by atoms with van der Waals surface area (Å²) >= 11 is 0. The molecule has 1 aliphatic heterocycles. The molecular weight excluding hydrogens is 568 g/mol. The minimum Gasteiger partial charge on any atom is -0.481 e. The molecule has 45 heavy (non-hydrogen) atoms. The maximum Gasteiger partial charge on any atom is 0.306 e. The number of anilines is 2. The van der Waals surface area contributed by atoms with Crippen LogP contribution in [-0.4, -0.2) is 29.3 Å². The van der Waals surface area contributed by atoms with Crippen LogP contribution in [-0.2, 0) is 20.7 Å². The SMILES string of the molecule is CC1(C)Nc2cccc3c(/N=N/c4ccc(/N=N/c5ccc(CCOC(=O)CCC(=O)O)cc5)c5ccccc45)ccc(c23)N1. The van der Waals surface area contributed by atoms with E-state index in [1.165, 1.54) is 0 Å². The standard InChI is InChI=1S/C35H32N6O4/c1-35(2)36-30-9-5-8-26-29(16-17-31(37-35)34(26)30)41-40-28-15-14-27(24-6-3-4-7-25(24)28)39-38-23-12-10-22(11-13-23)20-21-45-33(44)19-18-32(42)43/h3-17,36-37H,18-21H2,1-2H3,(H,42,43)/b39-38+,41-40+. The van der Waals surface area contributed by atoms with Crippen molar-refractivity contribution in [3.63, 3.8) is 0 Å². The number of carboxylic acids is 1. The quantitative estimate of drug-likeness (QED) is 0.108. The number of hydrogen-bond donors (Lipinski definition) is 3. The van der Waals surface area contributed by atoms with Gasteiger partial charge in [-0.2, -0.15) is 5.11 Å². The van der Waals surface area contributed by atoms with E-state index in [4.69, 9.17) is 9.84 Å². The van der Waals surface area contributed by atoms with E-state index in [0.717, 1.165) is 49.9 Å². The molecule has 0 aromatic heterocycles. The number of azo groups is 2. The zero-order chi connectivity index (χ0) is 31.4. The lowest BCUT2D eigenvalue weighted by Crippen LogP contribution is -2.41. The van der Waals surface area contributed by atoms with Crippen molar-refractivity contribution in [2.45, 2.75) is 38.8 Å². The number of esters is 1. The monoisotopic (exact) mass is 600 g/mol. The van der Waals surface area contributed by atoms with Gasteiger partial charge in [-0.25, -0.2) is 0 Å². The van der Waals surface area contributed by atoms with E-state index in [2.05, 4.69) is 63.1 Å². The lowest BCUT2D eigenvalue weighted by molar-refractivity contribution is -0.147. The van der Waals surface area contributed by atoms with Gasteiger partial charge >= 0.3 is 11.9 Å². The summed E-state index contributed by atoms with van der Waals surface area (Å²) in [6.45, 7) is 4.39. The van der Waals surface area contributed by atoms with E-state index in [1.807, 2.05) is 72.8 Å². The molecule has 0 amide bonds. The second kappa shape index (κ2) is 12.5. The molecule has 0 unspecified atom stereocenters. The fraction of sp³-hybridized carbons (Fsp3) is 0.200. The molecule has 0 bridgehead atoms. The molecule has 0 aliphatic carbocycles. The summed E-state index contributed by atoms with van der Waals surface area (Å²) in [5.74, 6) is -1.54. The van der Waals surface area contributed by atoms with Crippen LogP contribution in [0.4, 0.5) is 34.1 Å². The van der Waals surface area contributed by atoms with Crippen molar-refractivity contribution in [1.29, 1.82) is 0 Å². The minimum absolute atomic E-state index is 0.131. The molecule has 5 aromatic rings. The minimum atomic E-state index is -1.02. The highest BCUT2D eigenvalue weighted by Gasteiger charge is 2.25. The molecule has 10 heteroatoms. The molecule has 0 atom stereocenters. The van der Waals surface area contributed by atoms with Crippen molar-refractivity contribution < 1.29 is 19.4 Å². The van der Waals surface area contributed by atoms with E-state index in [1.54, 1.807) is 0 Å². The number of carbonyl (C=O) groups excluding carboxylic acids is 1. The molecule has 0 spiro atoms. The van der Waals surface area contributed by atoms with E-state index >= 15 is 0 Å². The Morgan fingerprint density at radius 2 is 1.27 bits per heavy atom. The maximum absolute atomic E-state index is 11.6. The zero-order valence-electron chi connectivity index (χ0n) is 24.9. The molecule has 5 aromatic carbocycles. The normalized spacial score (nSPS) is 13.6. The number of hydrogen-bond acceptors (Lipinski definition) is 9. The van der Waals surface area contributed by atoms with Crippen LogP contribution in [0.15, 0.2) is 111 Å². The fourth-order valence-electron chi connectivity index (χ4n) is 5.35. The van der Waals surface area contributed by atoms with Gasteiger partial charge in [-0.1, -0.05) is 48.5 Å². The van der Waals surface area contributed by atoms with Crippen molar-refractivity contribution in [3.05, 3.63) is 96.6 Å². The summed E-state index contributed by atoms with van der Waals surface area (Å²) < 4.78 is 5.10. The number of nitrogens with zero attached hydrogens (tertiary/aromatic N) is 4. The summed E-state index contributed by atoms with van der Waals surface area (Å²) in [6.07, 6.45) is 0.152. The number of rotatable bonds is 10. The number of carbonyl (C=O) groups is 2. The molecule has 1 aliphatic rings. The number of nitrogens with one attached hydrogen (secondary N) is 2. The molecule has 0 fully saturated rings. The van der Waals surface area contributed by atoms with Gasteiger partial charge in [-0.3, -0.25) is 9.59 Å². The maximum atomic E-state index is 11.6. The number of carboxylic acid groups (broad SMARTS) is 1. The van der Waals surface area contributed by atoms with Crippen LogP contribution in [0.3, 0.4) is 0 Å². The largest absolute Gasteiger partial charge is 0.481 e. The fourth-order valence-corrected chi connectivity index (χ4v) is 5.35. The Balaban J connectivity index is 1.17. The smallest absolute Gasteiger partial charge is 0.306 e. The van der Waals surface area contributed by atoms with Crippen LogP contribution in [0.25, 0.3) is 21.5 Å². The molecule has 10 nitrogen and oxygen atoms in total. The summed E-state index contributed by atoms with van der Waals surface area (Å²) in [5, 5.41) is 38.0. The van der Waals surface area contributed by atoms with E-state index in [0.29, 0.717) is 17.8 Å². The summed E-state index contributed by atoms with van der Waals surface area (Å²) in [4.78, 5) is 22.2. The van der Waals surface area contributed by atoms with Crippen LogP contribution < -0.4 is 10.6 Å². The van der Waals surface area contributed by atoms with Gasteiger partial charge in [0.15, 0.2) is 0 Å². The first-order valence-electron chi connectivity index (χ1n) is 14.7. The Morgan fingerprint density at radius 1 is 0.689 bits per heavy atom. The van der Waals surface area contributed by atoms with Crippen LogP contribution in [0, 0.1) is 0 Å². The first-order valence-corrected chi connectivity index (χ1v) is 14.7. The molecule has 226 valence electrons. The second-order valence-corrected chi connectivity index (χ2v) is 11.3. The van der Waals surface area contributed by atoms with Crippen LogP contribution >= 0.6 is 0 Å². The molecule has 6 rings (SSSR count). The Labute approximate surface area is 259 Å². The van der Waals surface area contributed by atoms with Gasteiger partial charge in [-0.05, 0) is 61.9 Å². The summed E-state index contributed by atoms with van der Waals surface area (Å²) in [5.41, 5.74) is 5.75. The number of aliphatic carboxylic acids is 1. The second-order valence-electron chi connectivity index (χ2n) is 11.3. The van der Waals surface area contributed by atoms with Crippen molar-refractivity contribution in [2.75, 3.05) is 17.2 Å². The third-order valence-corrected chi connectivity index (χ3v) is 7.46. The van der Waals surface area contributed by atoms with Crippen LogP contribution in [0.1, 0.15) is 32.3 Å². The molecule has 3 N–H and O–H groups in total. The Bertz CT molecular complexity index is 1950. The van der Waals surface area contributed by atoms with Crippen molar-refractivity contribution in [1.82, 2.24) is 0 Å². The van der Waals surface area contributed by atoms with Gasteiger partial charge in [0.05, 0.1) is 42.2 Å². The first-order chi connectivity index (χ1) is 21.8. The lowest BCUT2D eigenvalue weighted by atomic mass is 10.00. The molecule has 0 radical (unpaired) electrons. The first kappa shape index (κ1) is 29.4. The number of benzene rings is 5. The highest BCUT2D eigenvalue weighted by Crippen LogP contribution is 2.42. The predicted molar refractivity (Wildman–Crippen MR) is 176 cm³/mol. The third kappa shape index (κ3) is 6.80. The molecule has 0 saturated heterocycles. The number of ether oxygens (including phenoxy) is 1. The van der Waals surface area contributed by atoms with Gasteiger partial charge in [0, 0.05) is 39.3 Å². The van der Waals surface area contributed by atoms with E-state index in [-0.39, 0.29) is 25.1 Å². The van der Waals surface area contributed by atoms with Gasteiger partial charge in [-0.15, -0.1) is 15.3 Å². The summed E-state index contributed by atoms with van der Waals surface area (Å²) in [6, 6.07) is 29.4. The van der Waals surface area contributed by atoms with Gasteiger partial charge in [0.1, 0.15) is 5.66 Å². The van der Waals surface area contributed by atoms with Crippen molar-refractivity contribution in [2.24, 2.45) is 20.5 Å². The third-order valence-electron chi connectivity index (χ3n) is 7.46. The molecular formula is C35H32N6O4. The Kier molecular flexibility index (Phi) is 8.20. The van der Waals surface area contributed by atoms with Crippen LogP contribution in [0.5, 0.6) is 0 Å². The molecule has 0 saturated carbocycles. The Hall–Kier alpha value is -5.64. The topological polar surface area (TPSA) is 137 Å². The van der Waals surface area contributed by atoms with Crippen molar-refractivity contribution >= 4 is 67.6 Å². The van der Waals surface area contributed by atoms with Gasteiger partial charge < -0.3 is 20.5 Å². The average Bonchev–Trinajstić information content (AvgIpc) is 3.03. The lowest BCUT2D eigenvalue weighted by Gasteiger charge is -2.36. The highest BCUT2D eigenvalue weighted by atomic mass is 16.5. The van der Waals surface area contributed by atoms with Gasteiger partial charge in [0.2, 0.25) is 0 Å². The molecule has 1 heterocycles. The zero-order valence-corrected chi connectivity index (χ0v) is 24.9. The highest BCUT2D eigenvalue weighted by molar-refractivity contribution is 6.09. The van der Waals surface area contributed by atoms with E-state index in [9.17, 15) is 9.59 Å². The van der Waals surface area contributed by atoms with Crippen molar-refractivity contribution in [3.8, 4) is 0 Å².